The summed E-state index contributed by atoms with van der Waals surface area (Å²) in [6.07, 6.45) is 1.02. The first-order valence-corrected chi connectivity index (χ1v) is 7.35. The highest BCUT2D eigenvalue weighted by Gasteiger charge is 2.19. The van der Waals surface area contributed by atoms with E-state index in [1.807, 2.05) is 0 Å². The summed E-state index contributed by atoms with van der Waals surface area (Å²) >= 11 is 0. The van der Waals surface area contributed by atoms with E-state index in [2.05, 4.69) is 0 Å². The number of methoxy groups -OCH3 is 1. The van der Waals surface area contributed by atoms with Gasteiger partial charge in [0, 0.05) is 0 Å². The summed E-state index contributed by atoms with van der Waals surface area (Å²) in [6, 6.07) is 12.8. The third-order valence-corrected chi connectivity index (χ3v) is 3.51. The zero-order chi connectivity index (χ0) is 16.7. The average Bonchev–Trinajstić information content (AvgIpc) is 2.56. The number of hydrogen-bond acceptors (Lipinski definition) is 3. The molecular formula is C18H19FO4. The zero-order valence-corrected chi connectivity index (χ0v) is 12.9. The fourth-order valence-corrected chi connectivity index (χ4v) is 2.30. The van der Waals surface area contributed by atoms with E-state index in [-0.39, 0.29) is 5.82 Å². The molecule has 0 saturated heterocycles. The summed E-state index contributed by atoms with van der Waals surface area (Å²) in [6.45, 7) is 0.374. The van der Waals surface area contributed by atoms with Crippen molar-refractivity contribution >= 4 is 5.97 Å². The van der Waals surface area contributed by atoms with Gasteiger partial charge < -0.3 is 14.6 Å². The minimum absolute atomic E-state index is 0.318. The molecule has 0 heterocycles. The molecule has 2 aromatic rings. The van der Waals surface area contributed by atoms with Crippen molar-refractivity contribution in [3.05, 3.63) is 59.9 Å². The van der Waals surface area contributed by atoms with Crippen molar-refractivity contribution in [2.24, 2.45) is 0 Å². The first kappa shape index (κ1) is 16.8. The van der Waals surface area contributed by atoms with E-state index < -0.39 is 11.9 Å². The number of ether oxygens (including phenoxy) is 2. The number of carboxylic acid groups (broad SMARTS) is 1. The fraction of sp³-hybridized carbons (Fsp3) is 0.278. The van der Waals surface area contributed by atoms with Crippen LogP contribution in [0.15, 0.2) is 48.5 Å². The van der Waals surface area contributed by atoms with Crippen LogP contribution in [-0.4, -0.2) is 24.8 Å². The third-order valence-electron chi connectivity index (χ3n) is 3.51. The van der Waals surface area contributed by atoms with Gasteiger partial charge in [-0.2, -0.15) is 0 Å². The first-order chi connectivity index (χ1) is 11.1. The van der Waals surface area contributed by atoms with E-state index in [4.69, 9.17) is 9.47 Å². The number of rotatable bonds is 8. The van der Waals surface area contributed by atoms with Crippen molar-refractivity contribution in [2.45, 2.75) is 18.8 Å². The van der Waals surface area contributed by atoms with E-state index >= 15 is 0 Å². The summed E-state index contributed by atoms with van der Waals surface area (Å²) in [4.78, 5) is 11.5. The van der Waals surface area contributed by atoms with Crippen LogP contribution in [0.2, 0.25) is 0 Å². The van der Waals surface area contributed by atoms with Crippen LogP contribution in [0.3, 0.4) is 0 Å². The number of benzene rings is 2. The number of halogens is 1. The lowest BCUT2D eigenvalue weighted by molar-refractivity contribution is -0.139. The molecule has 0 spiro atoms. The molecule has 1 N–H and O–H groups in total. The molecule has 122 valence electrons. The Kier molecular flexibility index (Phi) is 5.97. The second kappa shape index (κ2) is 8.17. The molecule has 0 amide bonds. The molecule has 0 fully saturated rings. The predicted octanol–water partition coefficient (Wildman–Crippen LogP) is 3.86. The maximum atomic E-state index is 12.8. The molecule has 2 aromatic carbocycles. The van der Waals surface area contributed by atoms with Crippen LogP contribution in [0.25, 0.3) is 0 Å². The van der Waals surface area contributed by atoms with Gasteiger partial charge in [-0.15, -0.1) is 0 Å². The number of hydrogen-bond donors (Lipinski definition) is 1. The molecule has 23 heavy (non-hydrogen) atoms. The van der Waals surface area contributed by atoms with Crippen LogP contribution in [0.4, 0.5) is 4.39 Å². The summed E-state index contributed by atoms with van der Waals surface area (Å²) < 4.78 is 23.4. The van der Waals surface area contributed by atoms with Gasteiger partial charge in [0.25, 0.3) is 0 Å². The summed E-state index contributed by atoms with van der Waals surface area (Å²) in [5, 5.41) is 9.41. The first-order valence-electron chi connectivity index (χ1n) is 7.35. The molecule has 1 unspecified atom stereocenters. The van der Waals surface area contributed by atoms with E-state index in [1.165, 1.54) is 12.1 Å². The Labute approximate surface area is 134 Å². The lowest BCUT2D eigenvalue weighted by Crippen LogP contribution is -2.13. The van der Waals surface area contributed by atoms with Crippen LogP contribution in [0, 0.1) is 5.82 Å². The lowest BCUT2D eigenvalue weighted by atomic mass is 9.94. The topological polar surface area (TPSA) is 55.8 Å². The third kappa shape index (κ3) is 4.98. The van der Waals surface area contributed by atoms with E-state index in [9.17, 15) is 14.3 Å². The molecule has 0 radical (unpaired) electrons. The van der Waals surface area contributed by atoms with Crippen LogP contribution in [-0.2, 0) is 4.79 Å². The maximum absolute atomic E-state index is 12.8. The van der Waals surface area contributed by atoms with Crippen LogP contribution >= 0.6 is 0 Å². The van der Waals surface area contributed by atoms with Gasteiger partial charge in [0.2, 0.25) is 0 Å². The number of aliphatic carboxylic acids is 1. The van der Waals surface area contributed by atoms with Crippen LogP contribution < -0.4 is 9.47 Å². The smallest absolute Gasteiger partial charge is 0.310 e. The van der Waals surface area contributed by atoms with E-state index in [0.29, 0.717) is 36.5 Å². The SMILES string of the molecule is COc1cccc(C(CCCOc2ccc(F)cc2)C(=O)O)c1. The minimum Gasteiger partial charge on any atom is -0.497 e. The van der Waals surface area contributed by atoms with Crippen LogP contribution in [0.1, 0.15) is 24.3 Å². The molecule has 5 heteroatoms. The fourth-order valence-electron chi connectivity index (χ4n) is 2.30. The van der Waals surface area contributed by atoms with Gasteiger partial charge in [0.05, 0.1) is 19.6 Å². The number of carbonyl (C=O) groups is 1. The Morgan fingerprint density at radius 3 is 2.57 bits per heavy atom. The molecule has 0 aromatic heterocycles. The van der Waals surface area contributed by atoms with Crippen molar-refractivity contribution in [3.63, 3.8) is 0 Å². The normalized spacial score (nSPS) is 11.7. The largest absolute Gasteiger partial charge is 0.497 e. The summed E-state index contributed by atoms with van der Waals surface area (Å²) in [7, 11) is 1.55. The second-order valence-electron chi connectivity index (χ2n) is 5.11. The van der Waals surface area contributed by atoms with Gasteiger partial charge in [-0.05, 0) is 54.8 Å². The van der Waals surface area contributed by atoms with Gasteiger partial charge in [-0.3, -0.25) is 4.79 Å². The van der Waals surface area contributed by atoms with Gasteiger partial charge in [-0.25, -0.2) is 4.39 Å². The standard InChI is InChI=1S/C18H19FO4/c1-22-16-5-2-4-13(12-16)17(18(20)21)6-3-11-23-15-9-7-14(19)8-10-15/h2,4-5,7-10,12,17H,3,6,11H2,1H3,(H,20,21). The quantitative estimate of drug-likeness (QED) is 0.751. The number of carboxylic acids is 1. The van der Waals surface area contributed by atoms with E-state index in [1.54, 1.807) is 43.5 Å². The lowest BCUT2D eigenvalue weighted by Gasteiger charge is -2.14. The summed E-state index contributed by atoms with van der Waals surface area (Å²) in [5.74, 6) is -0.598. The highest BCUT2D eigenvalue weighted by atomic mass is 19.1. The van der Waals surface area contributed by atoms with Crippen molar-refractivity contribution in [1.29, 1.82) is 0 Å². The van der Waals surface area contributed by atoms with Gasteiger partial charge >= 0.3 is 5.97 Å². The molecule has 0 aliphatic heterocycles. The van der Waals surface area contributed by atoms with Gasteiger partial charge in [0.15, 0.2) is 0 Å². The van der Waals surface area contributed by atoms with E-state index in [0.717, 1.165) is 0 Å². The Hall–Kier alpha value is -2.56. The van der Waals surface area contributed by atoms with Gasteiger partial charge in [0.1, 0.15) is 17.3 Å². The molecule has 0 saturated carbocycles. The second-order valence-corrected chi connectivity index (χ2v) is 5.11. The molecule has 0 aliphatic carbocycles. The Morgan fingerprint density at radius 1 is 1.17 bits per heavy atom. The highest BCUT2D eigenvalue weighted by Crippen LogP contribution is 2.25. The highest BCUT2D eigenvalue weighted by molar-refractivity contribution is 5.76. The molecule has 2 rings (SSSR count). The van der Waals surface area contributed by atoms with Crippen molar-refractivity contribution in [1.82, 2.24) is 0 Å². The molecular weight excluding hydrogens is 299 g/mol. The Morgan fingerprint density at radius 2 is 1.91 bits per heavy atom. The monoisotopic (exact) mass is 318 g/mol. The Balaban J connectivity index is 1.89. The Bertz CT molecular complexity index is 640. The zero-order valence-electron chi connectivity index (χ0n) is 12.9. The minimum atomic E-state index is -0.875. The van der Waals surface area contributed by atoms with Crippen molar-refractivity contribution in [2.75, 3.05) is 13.7 Å². The molecule has 1 atom stereocenters. The van der Waals surface area contributed by atoms with Gasteiger partial charge in [-0.1, -0.05) is 12.1 Å². The summed E-state index contributed by atoms with van der Waals surface area (Å²) in [5.41, 5.74) is 0.707. The predicted molar refractivity (Wildman–Crippen MR) is 84.5 cm³/mol. The molecule has 0 aliphatic rings. The van der Waals surface area contributed by atoms with Crippen LogP contribution in [0.5, 0.6) is 11.5 Å². The molecule has 4 nitrogen and oxygen atoms in total. The van der Waals surface area contributed by atoms with Crippen molar-refractivity contribution in [3.8, 4) is 11.5 Å². The maximum Gasteiger partial charge on any atom is 0.310 e. The molecule has 0 bridgehead atoms. The average molecular weight is 318 g/mol. The van der Waals surface area contributed by atoms with Crippen molar-refractivity contribution < 1.29 is 23.8 Å².